The summed E-state index contributed by atoms with van der Waals surface area (Å²) in [5, 5.41) is 11.5. The highest BCUT2D eigenvalue weighted by atomic mass is 32.2. The van der Waals surface area contributed by atoms with Gasteiger partial charge in [-0.1, -0.05) is 6.92 Å². The SMILES string of the molecule is CCSCCCN1CCNC(=O)C1CC(=O)O. The van der Waals surface area contributed by atoms with Crippen molar-refractivity contribution in [1.29, 1.82) is 0 Å². The fraction of sp³-hybridized carbons (Fsp3) is 0.818. The fourth-order valence-electron chi connectivity index (χ4n) is 1.93. The lowest BCUT2D eigenvalue weighted by atomic mass is 10.1. The maximum atomic E-state index is 11.6. The van der Waals surface area contributed by atoms with Crippen molar-refractivity contribution in [2.45, 2.75) is 25.8 Å². The molecule has 0 aromatic rings. The van der Waals surface area contributed by atoms with Crippen LogP contribution in [-0.4, -0.2) is 59.1 Å². The van der Waals surface area contributed by atoms with E-state index in [1.807, 2.05) is 16.7 Å². The molecule has 1 atom stereocenters. The summed E-state index contributed by atoms with van der Waals surface area (Å²) in [6.45, 7) is 4.29. The van der Waals surface area contributed by atoms with Gasteiger partial charge in [-0.3, -0.25) is 14.5 Å². The number of amides is 1. The van der Waals surface area contributed by atoms with E-state index in [4.69, 9.17) is 5.11 Å². The van der Waals surface area contributed by atoms with Crippen LogP contribution >= 0.6 is 11.8 Å². The average Bonchev–Trinajstić information content (AvgIpc) is 2.28. The van der Waals surface area contributed by atoms with Crippen LogP contribution in [0, 0.1) is 0 Å². The lowest BCUT2D eigenvalue weighted by Crippen LogP contribution is -2.56. The summed E-state index contributed by atoms with van der Waals surface area (Å²) in [4.78, 5) is 24.3. The predicted octanol–water partition coefficient (Wildman–Crippen LogP) is 0.405. The molecule has 98 valence electrons. The average molecular weight is 260 g/mol. The first kappa shape index (κ1) is 14.3. The first-order valence-electron chi connectivity index (χ1n) is 5.96. The van der Waals surface area contributed by atoms with Gasteiger partial charge in [-0.2, -0.15) is 11.8 Å². The zero-order valence-corrected chi connectivity index (χ0v) is 11.0. The lowest BCUT2D eigenvalue weighted by molar-refractivity contribution is -0.143. The Morgan fingerprint density at radius 3 is 3.06 bits per heavy atom. The zero-order valence-electron chi connectivity index (χ0n) is 10.1. The molecule has 0 aromatic carbocycles. The van der Waals surface area contributed by atoms with Gasteiger partial charge in [0.15, 0.2) is 0 Å². The minimum absolute atomic E-state index is 0.104. The highest BCUT2D eigenvalue weighted by Crippen LogP contribution is 2.11. The molecule has 0 spiro atoms. The third-order valence-electron chi connectivity index (χ3n) is 2.75. The Kier molecular flexibility index (Phi) is 6.36. The molecule has 1 amide bonds. The van der Waals surface area contributed by atoms with Crippen molar-refractivity contribution in [3.05, 3.63) is 0 Å². The first-order chi connectivity index (χ1) is 8.15. The highest BCUT2D eigenvalue weighted by Gasteiger charge is 2.30. The summed E-state index contributed by atoms with van der Waals surface area (Å²) in [5.74, 6) is 1.09. The number of piperazine rings is 1. The summed E-state index contributed by atoms with van der Waals surface area (Å²) in [7, 11) is 0. The van der Waals surface area contributed by atoms with Gasteiger partial charge in [0.1, 0.15) is 0 Å². The molecule has 5 nitrogen and oxygen atoms in total. The maximum Gasteiger partial charge on any atom is 0.305 e. The summed E-state index contributed by atoms with van der Waals surface area (Å²) in [6.07, 6.45) is 0.897. The maximum absolute atomic E-state index is 11.6. The third-order valence-corrected chi connectivity index (χ3v) is 3.73. The Hall–Kier alpha value is -0.750. The van der Waals surface area contributed by atoms with Crippen LogP contribution in [0.4, 0.5) is 0 Å². The van der Waals surface area contributed by atoms with Crippen LogP contribution in [0.5, 0.6) is 0 Å². The second kappa shape index (κ2) is 7.55. The van der Waals surface area contributed by atoms with E-state index in [1.54, 1.807) is 0 Å². The van der Waals surface area contributed by atoms with E-state index in [2.05, 4.69) is 12.2 Å². The van der Waals surface area contributed by atoms with Crippen LogP contribution < -0.4 is 5.32 Å². The Balaban J connectivity index is 2.42. The molecule has 1 rings (SSSR count). The van der Waals surface area contributed by atoms with Gasteiger partial charge in [0.05, 0.1) is 12.5 Å². The van der Waals surface area contributed by atoms with Gasteiger partial charge in [0.25, 0.3) is 0 Å². The minimum atomic E-state index is -0.917. The van der Waals surface area contributed by atoms with Crippen molar-refractivity contribution in [3.63, 3.8) is 0 Å². The molecule has 1 fully saturated rings. The van der Waals surface area contributed by atoms with Gasteiger partial charge in [-0.05, 0) is 24.5 Å². The number of thioether (sulfide) groups is 1. The summed E-state index contributed by atoms with van der Waals surface area (Å²) in [5.41, 5.74) is 0. The number of carbonyl (C=O) groups excluding carboxylic acids is 1. The van der Waals surface area contributed by atoms with Crippen molar-refractivity contribution in [1.82, 2.24) is 10.2 Å². The van der Waals surface area contributed by atoms with E-state index in [-0.39, 0.29) is 12.3 Å². The molecule has 0 radical (unpaired) electrons. The molecule has 0 aromatic heterocycles. The van der Waals surface area contributed by atoms with Crippen LogP contribution in [0.25, 0.3) is 0 Å². The molecule has 1 heterocycles. The molecular formula is C11H20N2O3S. The van der Waals surface area contributed by atoms with Gasteiger partial charge < -0.3 is 10.4 Å². The molecule has 6 heteroatoms. The second-order valence-electron chi connectivity index (χ2n) is 3.99. The van der Waals surface area contributed by atoms with Gasteiger partial charge in [-0.15, -0.1) is 0 Å². The van der Waals surface area contributed by atoms with Gasteiger partial charge in [0, 0.05) is 13.1 Å². The second-order valence-corrected chi connectivity index (χ2v) is 5.38. The van der Waals surface area contributed by atoms with Crippen molar-refractivity contribution in [2.24, 2.45) is 0 Å². The Labute approximate surface area is 106 Å². The van der Waals surface area contributed by atoms with E-state index < -0.39 is 12.0 Å². The third kappa shape index (κ3) is 4.95. The van der Waals surface area contributed by atoms with Gasteiger partial charge in [0.2, 0.25) is 5.91 Å². The largest absolute Gasteiger partial charge is 0.481 e. The number of rotatable bonds is 7. The van der Waals surface area contributed by atoms with E-state index >= 15 is 0 Å². The molecule has 1 saturated heterocycles. The molecule has 0 aliphatic carbocycles. The van der Waals surface area contributed by atoms with Crippen LogP contribution in [-0.2, 0) is 9.59 Å². The van der Waals surface area contributed by atoms with Crippen LogP contribution in [0.3, 0.4) is 0 Å². The number of nitrogens with zero attached hydrogens (tertiary/aromatic N) is 1. The number of carboxylic acids is 1. The molecule has 17 heavy (non-hydrogen) atoms. The quantitative estimate of drug-likeness (QED) is 0.649. The molecule has 0 bridgehead atoms. The lowest BCUT2D eigenvalue weighted by Gasteiger charge is -2.34. The number of aliphatic carboxylic acids is 1. The van der Waals surface area contributed by atoms with Crippen molar-refractivity contribution < 1.29 is 14.7 Å². The van der Waals surface area contributed by atoms with Crippen molar-refractivity contribution >= 4 is 23.6 Å². The monoisotopic (exact) mass is 260 g/mol. The molecule has 1 aliphatic rings. The van der Waals surface area contributed by atoms with Gasteiger partial charge >= 0.3 is 5.97 Å². The minimum Gasteiger partial charge on any atom is -0.481 e. The van der Waals surface area contributed by atoms with E-state index in [0.717, 1.165) is 31.0 Å². The molecular weight excluding hydrogens is 240 g/mol. The molecule has 2 N–H and O–H groups in total. The van der Waals surface area contributed by atoms with Crippen LogP contribution in [0.15, 0.2) is 0 Å². The molecule has 1 aliphatic heterocycles. The number of carbonyl (C=O) groups is 2. The number of nitrogens with one attached hydrogen (secondary N) is 1. The molecule has 0 saturated carbocycles. The van der Waals surface area contributed by atoms with E-state index in [9.17, 15) is 9.59 Å². The Morgan fingerprint density at radius 1 is 1.65 bits per heavy atom. The number of carboxylic acid groups (broad SMARTS) is 1. The summed E-state index contributed by atoms with van der Waals surface area (Å²) >= 11 is 1.87. The van der Waals surface area contributed by atoms with E-state index in [0.29, 0.717) is 6.54 Å². The van der Waals surface area contributed by atoms with Gasteiger partial charge in [-0.25, -0.2) is 0 Å². The first-order valence-corrected chi connectivity index (χ1v) is 7.12. The van der Waals surface area contributed by atoms with E-state index in [1.165, 1.54) is 0 Å². The summed E-state index contributed by atoms with van der Waals surface area (Å²) < 4.78 is 0. The smallest absolute Gasteiger partial charge is 0.305 e. The Morgan fingerprint density at radius 2 is 2.41 bits per heavy atom. The summed E-state index contributed by atoms with van der Waals surface area (Å²) in [6, 6.07) is -0.493. The standard InChI is InChI=1S/C11H20N2O3S/c1-2-17-7-3-5-13-6-4-12-11(16)9(13)8-10(14)15/h9H,2-8H2,1H3,(H,12,16)(H,14,15). The Bertz CT molecular complexity index is 273. The fourth-order valence-corrected chi connectivity index (χ4v) is 2.55. The van der Waals surface area contributed by atoms with Crippen molar-refractivity contribution in [2.75, 3.05) is 31.1 Å². The molecule has 1 unspecified atom stereocenters. The van der Waals surface area contributed by atoms with Crippen LogP contribution in [0.1, 0.15) is 19.8 Å². The van der Waals surface area contributed by atoms with Crippen molar-refractivity contribution in [3.8, 4) is 0 Å². The number of hydrogen-bond donors (Lipinski definition) is 2. The highest BCUT2D eigenvalue weighted by molar-refractivity contribution is 7.99. The normalized spacial score (nSPS) is 21.2. The van der Waals surface area contributed by atoms with Crippen LogP contribution in [0.2, 0.25) is 0 Å². The topological polar surface area (TPSA) is 69.6 Å². The predicted molar refractivity (Wildman–Crippen MR) is 68.2 cm³/mol. The zero-order chi connectivity index (χ0) is 12.7. The number of hydrogen-bond acceptors (Lipinski definition) is 4.